The summed E-state index contributed by atoms with van der Waals surface area (Å²) < 4.78 is 4.91. The van der Waals surface area contributed by atoms with Crippen molar-refractivity contribution in [2.45, 2.75) is 19.9 Å². The molecular formula is C14H20N2O3. The van der Waals surface area contributed by atoms with Gasteiger partial charge in [-0.25, -0.2) is 0 Å². The summed E-state index contributed by atoms with van der Waals surface area (Å²) in [7, 11) is 1.57. The fraction of sp³-hybridized carbons (Fsp3) is 0.429. The summed E-state index contributed by atoms with van der Waals surface area (Å²) in [5.41, 5.74) is 1.47. The molecule has 0 aromatic heterocycles. The Labute approximate surface area is 113 Å². The van der Waals surface area contributed by atoms with Crippen LogP contribution >= 0.6 is 0 Å². The third kappa shape index (κ3) is 5.09. The molecule has 0 heterocycles. The second kappa shape index (κ2) is 7.53. The minimum absolute atomic E-state index is 0.0405. The standard InChI is InChI=1S/C14H20N2O3/c1-10-6-4-5-7-12(10)14(18)15-8-13(17)16-11(2)9-19-3/h4-7,11H,8-9H2,1-3H3,(H,15,18)(H,16,17). The molecule has 104 valence electrons. The number of carbonyl (C=O) groups excluding carboxylic acids is 2. The van der Waals surface area contributed by atoms with Crippen molar-refractivity contribution in [1.29, 1.82) is 0 Å². The number of amides is 2. The van der Waals surface area contributed by atoms with Gasteiger partial charge in [-0.1, -0.05) is 18.2 Å². The van der Waals surface area contributed by atoms with Gasteiger partial charge in [-0.15, -0.1) is 0 Å². The Morgan fingerprint density at radius 3 is 2.63 bits per heavy atom. The monoisotopic (exact) mass is 264 g/mol. The first-order chi connectivity index (χ1) is 9.04. The van der Waals surface area contributed by atoms with Crippen molar-refractivity contribution in [1.82, 2.24) is 10.6 Å². The number of nitrogens with one attached hydrogen (secondary N) is 2. The van der Waals surface area contributed by atoms with Gasteiger partial charge in [0.25, 0.3) is 5.91 Å². The maximum atomic E-state index is 11.9. The highest BCUT2D eigenvalue weighted by Gasteiger charge is 2.11. The molecule has 2 amide bonds. The van der Waals surface area contributed by atoms with Crippen LogP contribution in [0.4, 0.5) is 0 Å². The fourth-order valence-corrected chi connectivity index (χ4v) is 1.70. The van der Waals surface area contributed by atoms with Gasteiger partial charge in [0.1, 0.15) is 0 Å². The van der Waals surface area contributed by atoms with E-state index in [0.29, 0.717) is 12.2 Å². The van der Waals surface area contributed by atoms with E-state index in [4.69, 9.17) is 4.74 Å². The predicted molar refractivity (Wildman–Crippen MR) is 73.0 cm³/mol. The molecule has 5 heteroatoms. The van der Waals surface area contributed by atoms with Crippen LogP contribution in [0, 0.1) is 6.92 Å². The Morgan fingerprint density at radius 2 is 2.00 bits per heavy atom. The molecule has 0 fully saturated rings. The van der Waals surface area contributed by atoms with E-state index in [9.17, 15) is 9.59 Å². The van der Waals surface area contributed by atoms with Crippen molar-refractivity contribution in [3.05, 3.63) is 35.4 Å². The summed E-state index contributed by atoms with van der Waals surface area (Å²) in [6, 6.07) is 7.17. The highest BCUT2D eigenvalue weighted by Crippen LogP contribution is 2.05. The molecule has 0 bridgehead atoms. The molecule has 1 atom stereocenters. The van der Waals surface area contributed by atoms with Crippen molar-refractivity contribution in [3.63, 3.8) is 0 Å². The molecule has 1 aromatic carbocycles. The van der Waals surface area contributed by atoms with Gasteiger partial charge in [-0.05, 0) is 25.5 Å². The predicted octanol–water partition coefficient (Wildman–Crippen LogP) is 0.876. The first-order valence-corrected chi connectivity index (χ1v) is 6.16. The molecule has 0 radical (unpaired) electrons. The second-order valence-corrected chi connectivity index (χ2v) is 4.42. The molecule has 0 aliphatic carbocycles. The molecule has 2 N–H and O–H groups in total. The Bertz CT molecular complexity index is 446. The first kappa shape index (κ1) is 15.2. The highest BCUT2D eigenvalue weighted by molar-refractivity contribution is 5.97. The Hall–Kier alpha value is -1.88. The van der Waals surface area contributed by atoms with E-state index in [1.54, 1.807) is 19.2 Å². The van der Waals surface area contributed by atoms with Gasteiger partial charge in [0.15, 0.2) is 0 Å². The molecule has 0 saturated heterocycles. The summed E-state index contributed by atoms with van der Waals surface area (Å²) in [6.07, 6.45) is 0. The molecule has 1 rings (SSSR count). The molecule has 1 aromatic rings. The number of rotatable bonds is 6. The third-order valence-electron chi connectivity index (χ3n) is 2.62. The zero-order valence-corrected chi connectivity index (χ0v) is 11.5. The summed E-state index contributed by atoms with van der Waals surface area (Å²) >= 11 is 0. The molecule has 5 nitrogen and oxygen atoms in total. The number of hydrogen-bond acceptors (Lipinski definition) is 3. The van der Waals surface area contributed by atoms with Gasteiger partial charge >= 0.3 is 0 Å². The second-order valence-electron chi connectivity index (χ2n) is 4.42. The normalized spacial score (nSPS) is 11.7. The Morgan fingerprint density at radius 1 is 1.32 bits per heavy atom. The average molecular weight is 264 g/mol. The van der Waals surface area contributed by atoms with Crippen molar-refractivity contribution in [3.8, 4) is 0 Å². The summed E-state index contributed by atoms with van der Waals surface area (Å²) in [4.78, 5) is 23.4. The van der Waals surface area contributed by atoms with Crippen LogP contribution in [0.5, 0.6) is 0 Å². The first-order valence-electron chi connectivity index (χ1n) is 6.16. The van der Waals surface area contributed by atoms with Crippen LogP contribution in [-0.4, -0.2) is 38.1 Å². The topological polar surface area (TPSA) is 67.4 Å². The van der Waals surface area contributed by atoms with E-state index >= 15 is 0 Å². The number of hydrogen-bond donors (Lipinski definition) is 2. The van der Waals surface area contributed by atoms with Crippen LogP contribution in [0.2, 0.25) is 0 Å². The molecule has 0 spiro atoms. The molecule has 1 unspecified atom stereocenters. The van der Waals surface area contributed by atoms with E-state index in [1.807, 2.05) is 26.0 Å². The fourth-order valence-electron chi connectivity index (χ4n) is 1.70. The van der Waals surface area contributed by atoms with Crippen LogP contribution in [0.15, 0.2) is 24.3 Å². The van der Waals surface area contributed by atoms with Gasteiger partial charge in [0, 0.05) is 18.7 Å². The van der Waals surface area contributed by atoms with Gasteiger partial charge in [0.2, 0.25) is 5.91 Å². The van der Waals surface area contributed by atoms with E-state index in [-0.39, 0.29) is 24.4 Å². The summed E-state index contributed by atoms with van der Waals surface area (Å²) in [5, 5.41) is 5.32. The minimum Gasteiger partial charge on any atom is -0.383 e. The maximum Gasteiger partial charge on any atom is 0.251 e. The van der Waals surface area contributed by atoms with Crippen molar-refractivity contribution in [2.24, 2.45) is 0 Å². The summed E-state index contributed by atoms with van der Waals surface area (Å²) in [5.74, 6) is -0.473. The molecule has 0 aliphatic heterocycles. The number of carbonyl (C=O) groups is 2. The lowest BCUT2D eigenvalue weighted by Gasteiger charge is -2.13. The van der Waals surface area contributed by atoms with E-state index < -0.39 is 0 Å². The van der Waals surface area contributed by atoms with Crippen molar-refractivity contribution < 1.29 is 14.3 Å². The number of benzene rings is 1. The van der Waals surface area contributed by atoms with E-state index in [1.165, 1.54) is 0 Å². The maximum absolute atomic E-state index is 11.9. The van der Waals surface area contributed by atoms with Gasteiger partial charge in [0.05, 0.1) is 13.2 Å². The van der Waals surface area contributed by atoms with Gasteiger partial charge < -0.3 is 15.4 Å². The van der Waals surface area contributed by atoms with Crippen LogP contribution in [0.1, 0.15) is 22.8 Å². The number of aryl methyl sites for hydroxylation is 1. The molecule has 0 saturated carbocycles. The van der Waals surface area contributed by atoms with E-state index in [2.05, 4.69) is 10.6 Å². The average Bonchev–Trinajstić information content (AvgIpc) is 2.36. The molecule has 19 heavy (non-hydrogen) atoms. The Balaban J connectivity index is 2.42. The van der Waals surface area contributed by atoms with Gasteiger partial charge in [-0.2, -0.15) is 0 Å². The largest absolute Gasteiger partial charge is 0.383 e. The van der Waals surface area contributed by atoms with Crippen molar-refractivity contribution >= 4 is 11.8 Å². The smallest absolute Gasteiger partial charge is 0.251 e. The zero-order chi connectivity index (χ0) is 14.3. The lowest BCUT2D eigenvalue weighted by Crippen LogP contribution is -2.42. The number of ether oxygens (including phenoxy) is 1. The molecular weight excluding hydrogens is 244 g/mol. The molecule has 0 aliphatic rings. The van der Waals surface area contributed by atoms with Crippen LogP contribution < -0.4 is 10.6 Å². The third-order valence-corrected chi connectivity index (χ3v) is 2.62. The quantitative estimate of drug-likeness (QED) is 0.801. The minimum atomic E-state index is -0.243. The van der Waals surface area contributed by atoms with E-state index in [0.717, 1.165) is 5.56 Å². The highest BCUT2D eigenvalue weighted by atomic mass is 16.5. The zero-order valence-electron chi connectivity index (χ0n) is 11.5. The lowest BCUT2D eigenvalue weighted by atomic mass is 10.1. The van der Waals surface area contributed by atoms with Crippen LogP contribution in [0.25, 0.3) is 0 Å². The van der Waals surface area contributed by atoms with Gasteiger partial charge in [-0.3, -0.25) is 9.59 Å². The summed E-state index contributed by atoms with van der Waals surface area (Å²) in [6.45, 7) is 4.10. The van der Waals surface area contributed by atoms with Crippen LogP contribution in [-0.2, 0) is 9.53 Å². The lowest BCUT2D eigenvalue weighted by molar-refractivity contribution is -0.121. The van der Waals surface area contributed by atoms with Crippen LogP contribution in [0.3, 0.4) is 0 Å². The number of methoxy groups -OCH3 is 1. The van der Waals surface area contributed by atoms with Crippen molar-refractivity contribution in [2.75, 3.05) is 20.3 Å². The SMILES string of the molecule is COCC(C)NC(=O)CNC(=O)c1ccccc1C. The Kier molecular flexibility index (Phi) is 6.02.